The Bertz CT molecular complexity index is 593. The van der Waals surface area contributed by atoms with Crippen LogP contribution < -0.4 is 10.6 Å². The maximum atomic E-state index is 5.78. The highest BCUT2D eigenvalue weighted by molar-refractivity contribution is 7.99. The average Bonchev–Trinajstić information content (AvgIpc) is 3.00. The first kappa shape index (κ1) is 13.7. The molecule has 1 aromatic carbocycles. The lowest BCUT2D eigenvalue weighted by molar-refractivity contribution is 0.688. The van der Waals surface area contributed by atoms with Gasteiger partial charge in [0.05, 0.1) is 5.52 Å². The molecule has 0 amide bonds. The van der Waals surface area contributed by atoms with Crippen molar-refractivity contribution in [3.8, 4) is 0 Å². The zero-order valence-corrected chi connectivity index (χ0v) is 12.7. The topological polar surface area (TPSA) is 42.2 Å². The summed E-state index contributed by atoms with van der Waals surface area (Å²) in [5.41, 5.74) is 8.12. The first-order chi connectivity index (χ1) is 9.79. The number of pyridine rings is 1. The van der Waals surface area contributed by atoms with Crippen LogP contribution in [0.25, 0.3) is 10.9 Å². The molecule has 0 spiro atoms. The molecule has 1 aliphatic rings. The molecule has 4 heteroatoms. The van der Waals surface area contributed by atoms with Gasteiger partial charge < -0.3 is 10.6 Å². The van der Waals surface area contributed by atoms with Crippen molar-refractivity contribution in [2.24, 2.45) is 5.73 Å². The van der Waals surface area contributed by atoms with Crippen molar-refractivity contribution >= 4 is 28.5 Å². The number of nitrogens with two attached hydrogens (primary N) is 1. The molecule has 2 heterocycles. The fourth-order valence-electron chi connectivity index (χ4n) is 2.79. The van der Waals surface area contributed by atoms with Crippen molar-refractivity contribution in [2.45, 2.75) is 18.9 Å². The lowest BCUT2D eigenvalue weighted by Crippen LogP contribution is -2.33. The number of aromatic nitrogens is 1. The Balaban J connectivity index is 2.03. The molecular formula is C16H21N3S. The molecule has 1 aliphatic heterocycles. The fourth-order valence-corrected chi connectivity index (χ4v) is 4.06. The van der Waals surface area contributed by atoms with Crippen LogP contribution in [-0.2, 0) is 6.42 Å². The summed E-state index contributed by atoms with van der Waals surface area (Å²) in [6, 6.07) is 11.2. The second-order valence-electron chi connectivity index (χ2n) is 5.33. The third-order valence-corrected chi connectivity index (χ3v) is 5.13. The number of para-hydroxylation sites is 1. The number of hydrogen-bond acceptors (Lipinski definition) is 4. The van der Waals surface area contributed by atoms with Crippen molar-refractivity contribution < 1.29 is 0 Å². The maximum absolute atomic E-state index is 5.78. The minimum atomic E-state index is 0.602. The Labute approximate surface area is 124 Å². The van der Waals surface area contributed by atoms with Crippen molar-refractivity contribution in [2.75, 3.05) is 30.0 Å². The average molecular weight is 287 g/mol. The Kier molecular flexibility index (Phi) is 4.13. The third kappa shape index (κ3) is 2.63. The Hall–Kier alpha value is -1.26. The van der Waals surface area contributed by atoms with Crippen LogP contribution >= 0.6 is 11.8 Å². The molecule has 20 heavy (non-hydrogen) atoms. The van der Waals surface area contributed by atoms with E-state index in [4.69, 9.17) is 10.7 Å². The van der Waals surface area contributed by atoms with Crippen molar-refractivity contribution in [3.63, 3.8) is 0 Å². The van der Waals surface area contributed by atoms with E-state index in [2.05, 4.69) is 36.2 Å². The van der Waals surface area contributed by atoms with E-state index in [1.807, 2.05) is 17.8 Å². The van der Waals surface area contributed by atoms with E-state index in [-0.39, 0.29) is 0 Å². The Morgan fingerprint density at radius 3 is 3.00 bits per heavy atom. The van der Waals surface area contributed by atoms with Crippen LogP contribution in [0.15, 0.2) is 30.3 Å². The normalized spacial score (nSPS) is 18.6. The molecular weight excluding hydrogens is 266 g/mol. The zero-order chi connectivity index (χ0) is 13.9. The summed E-state index contributed by atoms with van der Waals surface area (Å²) >= 11 is 2.03. The highest BCUT2D eigenvalue weighted by atomic mass is 32.2. The van der Waals surface area contributed by atoms with E-state index in [0.29, 0.717) is 12.6 Å². The van der Waals surface area contributed by atoms with Crippen LogP contribution in [0.1, 0.15) is 12.0 Å². The lowest BCUT2D eigenvalue weighted by atomic mass is 10.1. The number of rotatable bonds is 4. The molecule has 0 radical (unpaired) electrons. The minimum absolute atomic E-state index is 0.602. The first-order valence-electron chi connectivity index (χ1n) is 7.19. The molecule has 1 aromatic heterocycles. The van der Waals surface area contributed by atoms with E-state index >= 15 is 0 Å². The molecule has 1 fully saturated rings. The zero-order valence-electron chi connectivity index (χ0n) is 11.9. The SMILES string of the molecule is CN(c1nc2ccccc2cc1CCN)C1CCSC1. The van der Waals surface area contributed by atoms with E-state index < -0.39 is 0 Å². The van der Waals surface area contributed by atoms with Gasteiger partial charge in [-0.25, -0.2) is 4.98 Å². The number of nitrogens with zero attached hydrogens (tertiary/aromatic N) is 2. The molecule has 2 aromatic rings. The molecule has 106 valence electrons. The number of hydrogen-bond donors (Lipinski definition) is 1. The van der Waals surface area contributed by atoms with Gasteiger partial charge in [0.1, 0.15) is 5.82 Å². The quantitative estimate of drug-likeness (QED) is 0.939. The van der Waals surface area contributed by atoms with Gasteiger partial charge >= 0.3 is 0 Å². The van der Waals surface area contributed by atoms with Crippen LogP contribution in [0.2, 0.25) is 0 Å². The van der Waals surface area contributed by atoms with Crippen LogP contribution in [0.4, 0.5) is 5.82 Å². The van der Waals surface area contributed by atoms with Gasteiger partial charge in [-0.05, 0) is 42.8 Å². The summed E-state index contributed by atoms with van der Waals surface area (Å²) in [6.45, 7) is 0.667. The minimum Gasteiger partial charge on any atom is -0.356 e. The number of anilines is 1. The number of fused-ring (bicyclic) bond motifs is 1. The largest absolute Gasteiger partial charge is 0.356 e. The van der Waals surface area contributed by atoms with Crippen molar-refractivity contribution in [1.82, 2.24) is 4.98 Å². The molecule has 0 saturated carbocycles. The van der Waals surface area contributed by atoms with Gasteiger partial charge in [0, 0.05) is 24.2 Å². The summed E-state index contributed by atoms with van der Waals surface area (Å²) in [5.74, 6) is 3.57. The van der Waals surface area contributed by atoms with Crippen molar-refractivity contribution in [3.05, 3.63) is 35.9 Å². The first-order valence-corrected chi connectivity index (χ1v) is 8.34. The lowest BCUT2D eigenvalue weighted by Gasteiger charge is -2.27. The molecule has 0 aliphatic carbocycles. The van der Waals surface area contributed by atoms with E-state index in [1.54, 1.807) is 0 Å². The van der Waals surface area contributed by atoms with Gasteiger partial charge in [-0.15, -0.1) is 0 Å². The molecule has 1 unspecified atom stereocenters. The van der Waals surface area contributed by atoms with E-state index in [9.17, 15) is 0 Å². The Morgan fingerprint density at radius 2 is 2.25 bits per heavy atom. The molecule has 2 N–H and O–H groups in total. The highest BCUT2D eigenvalue weighted by Gasteiger charge is 2.23. The van der Waals surface area contributed by atoms with Gasteiger partial charge in [0.2, 0.25) is 0 Å². The Morgan fingerprint density at radius 1 is 1.40 bits per heavy atom. The predicted molar refractivity (Wildman–Crippen MR) is 88.6 cm³/mol. The van der Waals surface area contributed by atoms with E-state index in [0.717, 1.165) is 17.8 Å². The number of thioether (sulfide) groups is 1. The summed E-state index contributed by atoms with van der Waals surface area (Å²) in [7, 11) is 2.17. The monoisotopic (exact) mass is 287 g/mol. The van der Waals surface area contributed by atoms with Crippen LogP contribution in [0.5, 0.6) is 0 Å². The molecule has 0 bridgehead atoms. The standard InChI is InChI=1S/C16H21N3S/c1-19(14-7-9-20-11-14)16-13(6-8-17)10-12-4-2-3-5-15(12)18-16/h2-5,10,14H,6-9,11,17H2,1H3. The van der Waals surface area contributed by atoms with Crippen LogP contribution in [0.3, 0.4) is 0 Å². The van der Waals surface area contributed by atoms with Gasteiger partial charge in [-0.3, -0.25) is 0 Å². The molecule has 3 nitrogen and oxygen atoms in total. The molecule has 3 rings (SSSR count). The second-order valence-corrected chi connectivity index (χ2v) is 6.48. The fraction of sp³-hybridized carbons (Fsp3) is 0.438. The smallest absolute Gasteiger partial charge is 0.132 e. The summed E-state index contributed by atoms with van der Waals surface area (Å²) in [4.78, 5) is 7.26. The van der Waals surface area contributed by atoms with E-state index in [1.165, 1.54) is 28.9 Å². The van der Waals surface area contributed by atoms with Crippen molar-refractivity contribution in [1.29, 1.82) is 0 Å². The van der Waals surface area contributed by atoms with Gasteiger partial charge in [-0.1, -0.05) is 18.2 Å². The molecule has 1 saturated heterocycles. The summed E-state index contributed by atoms with van der Waals surface area (Å²) in [5, 5.41) is 1.20. The number of benzene rings is 1. The second kappa shape index (κ2) is 6.02. The van der Waals surface area contributed by atoms with Crippen LogP contribution in [0, 0.1) is 0 Å². The summed E-state index contributed by atoms with van der Waals surface area (Å²) < 4.78 is 0. The summed E-state index contributed by atoms with van der Waals surface area (Å²) in [6.07, 6.45) is 2.13. The molecule has 1 atom stereocenters. The predicted octanol–water partition coefficient (Wildman–Crippen LogP) is 2.68. The van der Waals surface area contributed by atoms with Gasteiger partial charge in [0.25, 0.3) is 0 Å². The van der Waals surface area contributed by atoms with Gasteiger partial charge in [0.15, 0.2) is 0 Å². The van der Waals surface area contributed by atoms with Gasteiger partial charge in [-0.2, -0.15) is 11.8 Å². The third-order valence-electron chi connectivity index (χ3n) is 3.98. The highest BCUT2D eigenvalue weighted by Crippen LogP contribution is 2.29. The maximum Gasteiger partial charge on any atom is 0.132 e. The van der Waals surface area contributed by atoms with Crippen LogP contribution in [-0.4, -0.2) is 36.1 Å².